The Morgan fingerprint density at radius 3 is 1.64 bits per heavy atom. The Labute approximate surface area is 88.0 Å². The maximum Gasteiger partial charge on any atom is 1.00 e. The van der Waals surface area contributed by atoms with Crippen molar-refractivity contribution in [3.05, 3.63) is 11.6 Å². The molecule has 0 radical (unpaired) electrons. The van der Waals surface area contributed by atoms with Gasteiger partial charge in [0.15, 0.2) is 0 Å². The van der Waals surface area contributed by atoms with E-state index < -0.39 is 11.9 Å². The van der Waals surface area contributed by atoms with Gasteiger partial charge in [0.05, 0.1) is 11.9 Å². The number of carbonyl (C=O) groups excluding carboxylic acids is 2. The van der Waals surface area contributed by atoms with Crippen LogP contribution in [0.3, 0.4) is 0 Å². The quantitative estimate of drug-likeness (QED) is 0.283. The van der Waals surface area contributed by atoms with Crippen LogP contribution < -0.4 is 47.9 Å². The fourth-order valence-corrected chi connectivity index (χ4v) is 0.236. The molecule has 6 heteroatoms. The van der Waals surface area contributed by atoms with Crippen LogP contribution in [0, 0.1) is 0 Å². The van der Waals surface area contributed by atoms with Gasteiger partial charge in [-0.25, -0.2) is 0 Å². The molecule has 0 unspecified atom stereocenters. The van der Waals surface area contributed by atoms with E-state index in [2.05, 4.69) is 0 Å². The number of rotatable bonds is 2. The third-order valence-corrected chi connectivity index (χ3v) is 0.656. The number of carboxylic acid groups (broad SMARTS) is 2. The second kappa shape index (κ2) is 7.98. The first-order valence-corrected chi connectivity index (χ1v) is 2.14. The van der Waals surface area contributed by atoms with Gasteiger partial charge in [-0.15, -0.1) is 0 Å². The van der Waals surface area contributed by atoms with Gasteiger partial charge in [-0.2, -0.15) is 0 Å². The van der Waals surface area contributed by atoms with E-state index in [4.69, 9.17) is 0 Å². The van der Waals surface area contributed by atoms with Crippen LogP contribution in [0.5, 0.6) is 0 Å². The number of carboxylic acids is 2. The fourth-order valence-electron chi connectivity index (χ4n) is 0.236. The molecule has 0 N–H and O–H groups in total. The van der Waals surface area contributed by atoms with Crippen LogP contribution in [0.2, 0.25) is 0 Å². The van der Waals surface area contributed by atoms with E-state index in [1.807, 2.05) is 0 Å². The smallest absolute Gasteiger partial charge is 0.545 e. The van der Waals surface area contributed by atoms with E-state index in [0.717, 1.165) is 6.92 Å². The van der Waals surface area contributed by atoms with Gasteiger partial charge in [-0.05, 0) is 18.6 Å². The zero-order valence-corrected chi connectivity index (χ0v) is 6.71. The Balaban J connectivity index is -0.000000320. The van der Waals surface area contributed by atoms with Crippen molar-refractivity contribution in [2.45, 2.75) is 6.92 Å². The van der Waals surface area contributed by atoms with Gasteiger partial charge < -0.3 is 19.8 Å². The number of hydrogen-bond acceptors (Lipinski definition) is 4. The molecule has 0 aliphatic heterocycles. The van der Waals surface area contributed by atoms with Crippen molar-refractivity contribution in [1.29, 1.82) is 0 Å². The second-order valence-corrected chi connectivity index (χ2v) is 1.43. The predicted molar refractivity (Wildman–Crippen MR) is 23.8 cm³/mol. The molecule has 0 amide bonds. The summed E-state index contributed by atoms with van der Waals surface area (Å²) < 4.78 is 0. The van der Waals surface area contributed by atoms with Gasteiger partial charge in [-0.1, -0.05) is 0 Å². The van der Waals surface area contributed by atoms with Crippen molar-refractivity contribution in [3.8, 4) is 0 Å². The molecule has 0 aromatic carbocycles. The first kappa shape index (κ1) is 17.1. The summed E-state index contributed by atoms with van der Waals surface area (Å²) in [4.78, 5) is 19.4. The van der Waals surface area contributed by atoms with Crippen molar-refractivity contribution in [2.75, 3.05) is 0 Å². The Kier molecular flexibility index (Phi) is 12.4. The zero-order valence-electron chi connectivity index (χ0n) is 6.71. The Morgan fingerprint density at radius 2 is 1.55 bits per heavy atom. The van der Waals surface area contributed by atoms with E-state index in [0.29, 0.717) is 6.08 Å². The van der Waals surface area contributed by atoms with Gasteiger partial charge in [0.1, 0.15) is 0 Å². The largest absolute Gasteiger partial charge is 1.00 e. The van der Waals surface area contributed by atoms with Gasteiger partial charge in [-0.3, -0.25) is 0 Å². The molecule has 0 aliphatic rings. The molecule has 0 aromatic rings. The summed E-state index contributed by atoms with van der Waals surface area (Å²) in [7, 11) is 0. The average molecular weight is 142 g/mol. The fraction of sp³-hybridized carbons (Fsp3) is 0.200. The standard InChI is InChI=1S/C5H6O4.2Li/c1-3(5(8)9)2-4(6)7;;/h2H,1H3,(H,6,7)(H,8,9);;/q;2*+1/p-2/b3-2-;;. The molecule has 0 saturated heterocycles. The van der Waals surface area contributed by atoms with Crippen molar-refractivity contribution < 1.29 is 57.5 Å². The van der Waals surface area contributed by atoms with E-state index >= 15 is 0 Å². The molecule has 50 valence electrons. The van der Waals surface area contributed by atoms with Gasteiger partial charge in [0.25, 0.3) is 0 Å². The topological polar surface area (TPSA) is 80.3 Å². The molecule has 0 atom stereocenters. The first-order chi connectivity index (χ1) is 4.04. The molecule has 0 aromatic heterocycles. The minimum absolute atomic E-state index is 0. The molecule has 0 saturated carbocycles. The summed E-state index contributed by atoms with van der Waals surface area (Å²) >= 11 is 0. The predicted octanol–water partition coefficient (Wildman–Crippen LogP) is -8.56. The normalized spacial score (nSPS) is 9.00. The molecule has 0 bridgehead atoms. The molecule has 11 heavy (non-hydrogen) atoms. The summed E-state index contributed by atoms with van der Waals surface area (Å²) in [6.45, 7) is 1.12. The number of hydrogen-bond donors (Lipinski definition) is 0. The van der Waals surface area contributed by atoms with Gasteiger partial charge in [0, 0.05) is 0 Å². The van der Waals surface area contributed by atoms with E-state index in [1.54, 1.807) is 0 Å². The minimum atomic E-state index is -1.53. The van der Waals surface area contributed by atoms with Crippen molar-refractivity contribution in [2.24, 2.45) is 0 Å². The SMILES string of the molecule is C/C(=C/C(=O)[O-])C(=O)[O-].[Li+].[Li+]. The summed E-state index contributed by atoms with van der Waals surface area (Å²) in [5.41, 5.74) is -0.352. The Bertz CT molecular complexity index is 175. The molecule has 0 spiro atoms. The van der Waals surface area contributed by atoms with E-state index in [9.17, 15) is 19.8 Å². The molecular weight excluding hydrogens is 138 g/mol. The van der Waals surface area contributed by atoms with Gasteiger partial charge >= 0.3 is 37.7 Å². The molecule has 0 aliphatic carbocycles. The summed E-state index contributed by atoms with van der Waals surface area (Å²) in [5.74, 6) is -3.03. The zero-order chi connectivity index (χ0) is 7.44. The summed E-state index contributed by atoms with van der Waals surface area (Å²) in [5, 5.41) is 19.4. The maximum atomic E-state index is 9.76. The number of aliphatic carboxylic acids is 2. The minimum Gasteiger partial charge on any atom is -0.545 e. The Hall–Kier alpha value is -0.125. The molecular formula is C5H4Li2O4. The molecule has 0 rings (SSSR count). The van der Waals surface area contributed by atoms with Crippen LogP contribution in [-0.4, -0.2) is 11.9 Å². The van der Waals surface area contributed by atoms with Crippen LogP contribution in [0.1, 0.15) is 6.92 Å². The van der Waals surface area contributed by atoms with Crippen LogP contribution >= 0.6 is 0 Å². The van der Waals surface area contributed by atoms with Crippen LogP contribution in [0.25, 0.3) is 0 Å². The van der Waals surface area contributed by atoms with E-state index in [-0.39, 0.29) is 43.3 Å². The second-order valence-electron chi connectivity index (χ2n) is 1.43. The van der Waals surface area contributed by atoms with Crippen molar-refractivity contribution in [3.63, 3.8) is 0 Å². The van der Waals surface area contributed by atoms with Crippen molar-refractivity contribution >= 4 is 11.9 Å². The molecule has 4 nitrogen and oxygen atoms in total. The molecule has 0 fully saturated rings. The van der Waals surface area contributed by atoms with Gasteiger partial charge in [0.2, 0.25) is 0 Å². The average Bonchev–Trinajstić information content (AvgIpc) is 1.63. The third-order valence-electron chi connectivity index (χ3n) is 0.656. The first-order valence-electron chi connectivity index (χ1n) is 2.14. The monoisotopic (exact) mass is 142 g/mol. The summed E-state index contributed by atoms with van der Waals surface area (Å²) in [6, 6.07) is 0. The van der Waals surface area contributed by atoms with E-state index in [1.165, 1.54) is 0 Å². The Morgan fingerprint density at radius 1 is 1.18 bits per heavy atom. The van der Waals surface area contributed by atoms with Crippen LogP contribution in [0.15, 0.2) is 11.6 Å². The van der Waals surface area contributed by atoms with Crippen LogP contribution in [0.4, 0.5) is 0 Å². The summed E-state index contributed by atoms with van der Waals surface area (Å²) in [6.07, 6.45) is 0.468. The van der Waals surface area contributed by atoms with Crippen LogP contribution in [-0.2, 0) is 9.59 Å². The third kappa shape index (κ3) is 9.87. The van der Waals surface area contributed by atoms with Crippen molar-refractivity contribution in [1.82, 2.24) is 0 Å². The number of carbonyl (C=O) groups is 2. The maximum absolute atomic E-state index is 9.76. The molecule has 0 heterocycles.